The molecule has 0 saturated heterocycles. The Morgan fingerprint density at radius 3 is 2.20 bits per heavy atom. The van der Waals surface area contributed by atoms with E-state index in [1.807, 2.05) is 13.8 Å². The van der Waals surface area contributed by atoms with Crippen LogP contribution in [0, 0.1) is 20.2 Å². The van der Waals surface area contributed by atoms with Crippen LogP contribution in [0.15, 0.2) is 18.2 Å². The minimum atomic E-state index is -0.685. The summed E-state index contributed by atoms with van der Waals surface area (Å²) in [7, 11) is 0. The lowest BCUT2D eigenvalue weighted by atomic mass is 9.93. The van der Waals surface area contributed by atoms with Crippen LogP contribution in [0.2, 0.25) is 0 Å². The van der Waals surface area contributed by atoms with Crippen LogP contribution in [0.25, 0.3) is 0 Å². The molecule has 1 rings (SSSR count). The van der Waals surface area contributed by atoms with Gasteiger partial charge in [0.15, 0.2) is 0 Å². The fourth-order valence-corrected chi connectivity index (χ4v) is 1.87. The second kappa shape index (κ2) is 6.29. The first kappa shape index (κ1) is 15.8. The number of nitrogens with zero attached hydrogens (tertiary/aromatic N) is 2. The summed E-state index contributed by atoms with van der Waals surface area (Å²) in [5, 5.41) is 34.1. The lowest BCUT2D eigenvalue weighted by Gasteiger charge is -2.31. The molecule has 0 saturated carbocycles. The lowest BCUT2D eigenvalue weighted by Crippen LogP contribution is -2.41. The normalized spacial score (nSPS) is 11.2. The molecule has 0 heterocycles. The maximum absolute atomic E-state index is 11.0. The van der Waals surface area contributed by atoms with Crippen molar-refractivity contribution < 1.29 is 15.0 Å². The second-order valence-electron chi connectivity index (χ2n) is 4.49. The molecule has 1 aromatic rings. The summed E-state index contributed by atoms with van der Waals surface area (Å²) in [6.07, 6.45) is 1.13. The molecule has 0 amide bonds. The fraction of sp³-hybridized carbons (Fsp3) is 0.500. The van der Waals surface area contributed by atoms with Gasteiger partial charge in [-0.3, -0.25) is 20.2 Å². The standard InChI is InChI=1S/C12H17N3O5/c1-3-12(4-2,8-16)13-10-6-5-9(14(17)18)7-11(10)15(19)20/h5-7,13,16H,3-4,8H2,1-2H3. The highest BCUT2D eigenvalue weighted by atomic mass is 16.6. The number of anilines is 1. The topological polar surface area (TPSA) is 119 Å². The third-order valence-corrected chi connectivity index (χ3v) is 3.44. The third kappa shape index (κ3) is 3.21. The molecule has 0 spiro atoms. The van der Waals surface area contributed by atoms with Gasteiger partial charge in [0.05, 0.1) is 28.1 Å². The maximum Gasteiger partial charge on any atom is 0.299 e. The first-order chi connectivity index (χ1) is 9.39. The van der Waals surface area contributed by atoms with Crippen molar-refractivity contribution in [2.24, 2.45) is 0 Å². The Hall–Kier alpha value is -2.22. The summed E-state index contributed by atoms with van der Waals surface area (Å²) < 4.78 is 0. The summed E-state index contributed by atoms with van der Waals surface area (Å²) in [6.45, 7) is 3.52. The van der Waals surface area contributed by atoms with Gasteiger partial charge in [-0.15, -0.1) is 0 Å². The molecule has 0 fully saturated rings. The van der Waals surface area contributed by atoms with Crippen molar-refractivity contribution >= 4 is 17.1 Å². The van der Waals surface area contributed by atoms with Crippen molar-refractivity contribution in [3.8, 4) is 0 Å². The van der Waals surface area contributed by atoms with Gasteiger partial charge in [0.25, 0.3) is 11.4 Å². The smallest absolute Gasteiger partial charge is 0.299 e. The van der Waals surface area contributed by atoms with E-state index in [2.05, 4.69) is 5.32 Å². The first-order valence-corrected chi connectivity index (χ1v) is 6.21. The molecule has 0 unspecified atom stereocenters. The zero-order valence-corrected chi connectivity index (χ0v) is 11.3. The zero-order valence-electron chi connectivity index (χ0n) is 11.3. The Morgan fingerprint density at radius 2 is 1.80 bits per heavy atom. The van der Waals surface area contributed by atoms with E-state index in [1.165, 1.54) is 12.1 Å². The number of nitro groups is 2. The Kier molecular flexibility index (Phi) is 4.98. The molecule has 8 nitrogen and oxygen atoms in total. The summed E-state index contributed by atoms with van der Waals surface area (Å²) >= 11 is 0. The predicted octanol–water partition coefficient (Wildman–Crippen LogP) is 2.47. The number of hydrogen-bond acceptors (Lipinski definition) is 6. The van der Waals surface area contributed by atoms with Gasteiger partial charge in [-0.05, 0) is 18.9 Å². The SMILES string of the molecule is CCC(CC)(CO)Nc1ccc([N+](=O)[O-])cc1[N+](=O)[O-]. The van der Waals surface area contributed by atoms with Crippen molar-refractivity contribution in [1.82, 2.24) is 0 Å². The van der Waals surface area contributed by atoms with Crippen LogP contribution in [0.5, 0.6) is 0 Å². The number of benzene rings is 1. The molecular formula is C12H17N3O5. The molecule has 0 bridgehead atoms. The van der Waals surface area contributed by atoms with Gasteiger partial charge in [-0.25, -0.2) is 0 Å². The second-order valence-corrected chi connectivity index (χ2v) is 4.49. The van der Waals surface area contributed by atoms with E-state index in [0.29, 0.717) is 12.8 Å². The fourth-order valence-electron chi connectivity index (χ4n) is 1.87. The Balaban J connectivity index is 3.24. The number of nitro benzene ring substituents is 2. The van der Waals surface area contributed by atoms with E-state index in [0.717, 1.165) is 6.07 Å². The predicted molar refractivity (Wildman–Crippen MR) is 73.8 cm³/mol. The van der Waals surface area contributed by atoms with Gasteiger partial charge in [0, 0.05) is 6.07 Å². The average Bonchev–Trinajstić information content (AvgIpc) is 2.44. The Morgan fingerprint density at radius 1 is 1.20 bits per heavy atom. The third-order valence-electron chi connectivity index (χ3n) is 3.44. The number of rotatable bonds is 7. The van der Waals surface area contributed by atoms with Crippen LogP contribution in [0.4, 0.5) is 17.1 Å². The number of hydrogen-bond donors (Lipinski definition) is 2. The van der Waals surface area contributed by atoms with Gasteiger partial charge in [0.1, 0.15) is 5.69 Å². The van der Waals surface area contributed by atoms with E-state index in [-0.39, 0.29) is 23.7 Å². The highest BCUT2D eigenvalue weighted by Gasteiger charge is 2.29. The molecule has 1 aromatic carbocycles. The van der Waals surface area contributed by atoms with E-state index in [1.54, 1.807) is 0 Å². The van der Waals surface area contributed by atoms with Crippen LogP contribution in [-0.4, -0.2) is 27.1 Å². The van der Waals surface area contributed by atoms with E-state index >= 15 is 0 Å². The van der Waals surface area contributed by atoms with Crippen molar-refractivity contribution in [2.45, 2.75) is 32.2 Å². The number of non-ortho nitro benzene ring substituents is 1. The summed E-state index contributed by atoms with van der Waals surface area (Å²) in [5.41, 5.74) is -1.23. The molecule has 110 valence electrons. The molecule has 0 radical (unpaired) electrons. The summed E-state index contributed by atoms with van der Waals surface area (Å²) in [4.78, 5) is 20.3. The molecule has 2 N–H and O–H groups in total. The van der Waals surface area contributed by atoms with Crippen LogP contribution in [0.1, 0.15) is 26.7 Å². The molecule has 0 atom stereocenters. The molecule has 0 aliphatic heterocycles. The highest BCUT2D eigenvalue weighted by Crippen LogP contribution is 2.32. The van der Waals surface area contributed by atoms with Crippen molar-refractivity contribution in [2.75, 3.05) is 11.9 Å². The summed E-state index contributed by atoms with van der Waals surface area (Å²) in [5.74, 6) is 0. The number of nitrogens with one attached hydrogen (secondary N) is 1. The Labute approximate surface area is 115 Å². The highest BCUT2D eigenvalue weighted by molar-refractivity contribution is 5.66. The molecule has 20 heavy (non-hydrogen) atoms. The van der Waals surface area contributed by atoms with E-state index in [9.17, 15) is 25.3 Å². The van der Waals surface area contributed by atoms with Crippen molar-refractivity contribution in [3.05, 3.63) is 38.4 Å². The van der Waals surface area contributed by atoms with Crippen molar-refractivity contribution in [1.29, 1.82) is 0 Å². The van der Waals surface area contributed by atoms with Crippen LogP contribution in [-0.2, 0) is 0 Å². The molecule has 0 aliphatic carbocycles. The summed E-state index contributed by atoms with van der Waals surface area (Å²) in [6, 6.07) is 3.41. The minimum Gasteiger partial charge on any atom is -0.394 e. The van der Waals surface area contributed by atoms with Crippen molar-refractivity contribution in [3.63, 3.8) is 0 Å². The zero-order chi connectivity index (χ0) is 15.3. The molecule has 0 aliphatic rings. The van der Waals surface area contributed by atoms with E-state index in [4.69, 9.17) is 0 Å². The maximum atomic E-state index is 11.0. The Bertz CT molecular complexity index is 506. The number of aliphatic hydroxyl groups is 1. The van der Waals surface area contributed by atoms with Gasteiger partial charge < -0.3 is 10.4 Å². The van der Waals surface area contributed by atoms with Crippen LogP contribution < -0.4 is 5.32 Å². The first-order valence-electron chi connectivity index (χ1n) is 6.21. The largest absolute Gasteiger partial charge is 0.394 e. The van der Waals surface area contributed by atoms with Gasteiger partial charge >= 0.3 is 0 Å². The van der Waals surface area contributed by atoms with Gasteiger partial charge in [-0.1, -0.05) is 13.8 Å². The monoisotopic (exact) mass is 283 g/mol. The quantitative estimate of drug-likeness (QED) is 0.586. The molecular weight excluding hydrogens is 266 g/mol. The van der Waals surface area contributed by atoms with Crippen LogP contribution >= 0.6 is 0 Å². The number of aliphatic hydroxyl groups excluding tert-OH is 1. The van der Waals surface area contributed by atoms with Crippen LogP contribution in [0.3, 0.4) is 0 Å². The lowest BCUT2D eigenvalue weighted by molar-refractivity contribution is -0.393. The van der Waals surface area contributed by atoms with Gasteiger partial charge in [0.2, 0.25) is 0 Å². The van der Waals surface area contributed by atoms with E-state index < -0.39 is 15.4 Å². The average molecular weight is 283 g/mol. The minimum absolute atomic E-state index is 0.165. The van der Waals surface area contributed by atoms with Gasteiger partial charge in [-0.2, -0.15) is 0 Å². The molecule has 0 aromatic heterocycles. The molecule has 8 heteroatoms.